The van der Waals surface area contributed by atoms with Crippen molar-refractivity contribution < 1.29 is 19.1 Å². The number of piperazine rings is 1. The maximum absolute atomic E-state index is 15.1. The minimum Gasteiger partial charge on any atom is -0.507 e. The summed E-state index contributed by atoms with van der Waals surface area (Å²) < 4.78 is 16.5. The third-order valence-electron chi connectivity index (χ3n) is 7.93. The summed E-state index contributed by atoms with van der Waals surface area (Å²) >= 11 is 6.75. The highest BCUT2D eigenvalue weighted by molar-refractivity contribution is 6.34. The summed E-state index contributed by atoms with van der Waals surface area (Å²) in [5, 5.41) is 13.8. The van der Waals surface area contributed by atoms with Gasteiger partial charge in [-0.05, 0) is 48.7 Å². The number of rotatable bonds is 4. The zero-order valence-corrected chi connectivity index (χ0v) is 24.4. The van der Waals surface area contributed by atoms with Crippen LogP contribution in [0.25, 0.3) is 28.0 Å². The lowest BCUT2D eigenvalue weighted by atomic mass is 10.0. The van der Waals surface area contributed by atoms with E-state index in [0.29, 0.717) is 29.0 Å². The van der Waals surface area contributed by atoms with Crippen molar-refractivity contribution >= 4 is 45.8 Å². The highest BCUT2D eigenvalue weighted by Gasteiger charge is 2.41. The number of hydrogen-bond acceptors (Lipinski definition) is 7. The Morgan fingerprint density at radius 3 is 2.70 bits per heavy atom. The van der Waals surface area contributed by atoms with Crippen molar-refractivity contribution in [2.45, 2.75) is 32.7 Å². The van der Waals surface area contributed by atoms with Crippen LogP contribution in [0.15, 0.2) is 54.0 Å². The molecule has 1 fully saturated rings. The number of pyridine rings is 3. The molecule has 2 amide bonds. The summed E-state index contributed by atoms with van der Waals surface area (Å²) in [5.41, 5.74) is 1.58. The predicted octanol–water partition coefficient (Wildman–Crippen LogP) is 4.53. The zero-order chi connectivity index (χ0) is 30.7. The van der Waals surface area contributed by atoms with Crippen LogP contribution in [0.4, 0.5) is 15.8 Å². The molecule has 0 aliphatic carbocycles. The molecule has 0 saturated carbocycles. The van der Waals surface area contributed by atoms with Crippen LogP contribution in [0.1, 0.15) is 31.0 Å². The van der Waals surface area contributed by atoms with Crippen molar-refractivity contribution in [2.75, 3.05) is 29.9 Å². The SMILES string of the molecule is C=CC(=O)N1CCN2c3c(c(=O)n(-c4c(C)ccnc4C(C)C)c4nc(-c5c(O)cccc5F)c(Cl)cc34)NC(=O)[C@H]2C1. The molecule has 0 bridgehead atoms. The molecule has 6 rings (SSSR count). The van der Waals surface area contributed by atoms with E-state index in [4.69, 9.17) is 16.6 Å². The van der Waals surface area contributed by atoms with Crippen LogP contribution in [0.2, 0.25) is 5.02 Å². The van der Waals surface area contributed by atoms with Gasteiger partial charge in [-0.15, -0.1) is 0 Å². The molecule has 0 spiro atoms. The number of halogens is 2. The Bertz CT molecular complexity index is 1900. The van der Waals surface area contributed by atoms with Crippen molar-refractivity contribution in [3.05, 3.63) is 81.6 Å². The molecule has 4 aromatic rings. The number of fused-ring (bicyclic) bond motifs is 5. The normalized spacial score (nSPS) is 16.2. The third-order valence-corrected chi connectivity index (χ3v) is 8.22. The lowest BCUT2D eigenvalue weighted by molar-refractivity contribution is -0.128. The lowest BCUT2D eigenvalue weighted by Crippen LogP contribution is -2.61. The van der Waals surface area contributed by atoms with Gasteiger partial charge in [0, 0.05) is 24.7 Å². The number of aryl methyl sites for hydroxylation is 1. The van der Waals surface area contributed by atoms with Gasteiger partial charge in [-0.2, -0.15) is 0 Å². The minimum absolute atomic E-state index is 0.0289. The van der Waals surface area contributed by atoms with Gasteiger partial charge in [0.15, 0.2) is 5.65 Å². The van der Waals surface area contributed by atoms with Crippen molar-refractivity contribution in [2.24, 2.45) is 0 Å². The number of benzene rings is 1. The second-order valence-electron chi connectivity index (χ2n) is 10.9. The van der Waals surface area contributed by atoms with E-state index in [1.54, 1.807) is 23.2 Å². The van der Waals surface area contributed by atoms with Gasteiger partial charge in [-0.25, -0.2) is 9.37 Å². The average molecular weight is 603 g/mol. The highest BCUT2D eigenvalue weighted by Crippen LogP contribution is 2.43. The number of hydrogen-bond donors (Lipinski definition) is 2. The number of nitrogens with zero attached hydrogens (tertiary/aromatic N) is 5. The minimum atomic E-state index is -0.788. The topological polar surface area (TPSA) is 121 Å². The molecule has 220 valence electrons. The Kier molecular flexibility index (Phi) is 6.92. The van der Waals surface area contributed by atoms with Gasteiger partial charge in [0.2, 0.25) is 11.8 Å². The average Bonchev–Trinajstić information content (AvgIpc) is 2.97. The van der Waals surface area contributed by atoms with Gasteiger partial charge < -0.3 is 20.2 Å². The van der Waals surface area contributed by atoms with Gasteiger partial charge in [0.05, 0.1) is 39.9 Å². The van der Waals surface area contributed by atoms with Crippen LogP contribution in [0, 0.1) is 12.7 Å². The van der Waals surface area contributed by atoms with Gasteiger partial charge >= 0.3 is 0 Å². The van der Waals surface area contributed by atoms with Gasteiger partial charge in [0.25, 0.3) is 5.56 Å². The summed E-state index contributed by atoms with van der Waals surface area (Å²) in [6, 6.07) is 6.42. The van der Waals surface area contributed by atoms with Crippen molar-refractivity contribution in [1.29, 1.82) is 0 Å². The first kappa shape index (κ1) is 28.4. The van der Waals surface area contributed by atoms with E-state index in [9.17, 15) is 19.5 Å². The van der Waals surface area contributed by atoms with Crippen LogP contribution < -0.4 is 15.8 Å². The third kappa shape index (κ3) is 4.42. The molecule has 0 radical (unpaired) electrons. The smallest absolute Gasteiger partial charge is 0.282 e. The summed E-state index contributed by atoms with van der Waals surface area (Å²) in [5.74, 6) is -1.93. The molecule has 0 unspecified atom stereocenters. The van der Waals surface area contributed by atoms with Crippen LogP contribution in [0.3, 0.4) is 0 Å². The molecule has 1 saturated heterocycles. The van der Waals surface area contributed by atoms with E-state index in [2.05, 4.69) is 16.9 Å². The van der Waals surface area contributed by atoms with Crippen LogP contribution >= 0.6 is 11.6 Å². The Hall–Kier alpha value is -4.77. The fraction of sp³-hybridized carbons (Fsp3) is 0.258. The number of amides is 2. The monoisotopic (exact) mass is 602 g/mol. The van der Waals surface area contributed by atoms with E-state index < -0.39 is 23.3 Å². The Labute approximate surface area is 251 Å². The summed E-state index contributed by atoms with van der Waals surface area (Å²) in [6.07, 6.45) is 2.85. The predicted molar refractivity (Wildman–Crippen MR) is 163 cm³/mol. The first-order chi connectivity index (χ1) is 20.5. The van der Waals surface area contributed by atoms with E-state index >= 15 is 4.39 Å². The molecule has 3 aromatic heterocycles. The summed E-state index contributed by atoms with van der Waals surface area (Å²) in [4.78, 5) is 52.9. The zero-order valence-electron chi connectivity index (χ0n) is 23.7. The maximum Gasteiger partial charge on any atom is 0.282 e. The number of nitrogens with one attached hydrogen (secondary N) is 1. The quantitative estimate of drug-likeness (QED) is 0.329. The largest absolute Gasteiger partial charge is 0.507 e. The molecule has 12 heteroatoms. The fourth-order valence-electron chi connectivity index (χ4n) is 5.90. The first-order valence-electron chi connectivity index (χ1n) is 13.7. The molecule has 2 N–H and O–H groups in total. The maximum atomic E-state index is 15.1. The van der Waals surface area contributed by atoms with Crippen molar-refractivity contribution in [1.82, 2.24) is 19.4 Å². The number of phenols is 1. The second-order valence-corrected chi connectivity index (χ2v) is 11.3. The number of aromatic nitrogens is 3. The summed E-state index contributed by atoms with van der Waals surface area (Å²) in [6.45, 7) is 9.90. The molecular formula is C31H28ClFN6O4. The van der Waals surface area contributed by atoms with Gasteiger partial charge in [-0.3, -0.25) is 23.9 Å². The number of phenolic OH excluding ortho intramolecular Hbond substituents is 1. The molecule has 1 atom stereocenters. The van der Waals surface area contributed by atoms with Gasteiger partial charge in [-0.1, -0.05) is 38.1 Å². The number of carbonyl (C=O) groups is 2. The molecule has 1 aromatic carbocycles. The number of carbonyl (C=O) groups excluding carboxylic acids is 2. The number of anilines is 2. The molecule has 2 aliphatic rings. The first-order valence-corrected chi connectivity index (χ1v) is 14.1. The van der Waals surface area contributed by atoms with E-state index in [1.807, 2.05) is 20.8 Å². The van der Waals surface area contributed by atoms with Crippen LogP contribution in [0.5, 0.6) is 5.75 Å². The molecule has 10 nitrogen and oxygen atoms in total. The van der Waals surface area contributed by atoms with E-state index in [-0.39, 0.29) is 58.3 Å². The van der Waals surface area contributed by atoms with Crippen molar-refractivity contribution in [3.8, 4) is 22.7 Å². The Balaban J connectivity index is 1.72. The van der Waals surface area contributed by atoms with Crippen LogP contribution in [-0.4, -0.2) is 62.0 Å². The van der Waals surface area contributed by atoms with E-state index in [1.165, 1.54) is 33.7 Å². The molecular weight excluding hydrogens is 575 g/mol. The van der Waals surface area contributed by atoms with E-state index in [0.717, 1.165) is 5.56 Å². The number of aromatic hydroxyl groups is 1. The lowest BCUT2D eigenvalue weighted by Gasteiger charge is -2.45. The Morgan fingerprint density at radius 1 is 1.23 bits per heavy atom. The van der Waals surface area contributed by atoms with Crippen LogP contribution in [-0.2, 0) is 9.59 Å². The fourth-order valence-corrected chi connectivity index (χ4v) is 6.15. The van der Waals surface area contributed by atoms with Crippen molar-refractivity contribution in [3.63, 3.8) is 0 Å². The molecule has 5 heterocycles. The van der Waals surface area contributed by atoms with Gasteiger partial charge in [0.1, 0.15) is 23.3 Å². The second kappa shape index (κ2) is 10.5. The summed E-state index contributed by atoms with van der Waals surface area (Å²) in [7, 11) is 0. The molecule has 43 heavy (non-hydrogen) atoms. The standard InChI is InChI=1S/C31H28ClFN6O4/c1-5-22(41)37-11-12-38-20(14-37)30(42)36-26-28(38)17-13-18(32)25(23-19(33)7-6-8-21(23)40)35-29(17)39(31(26)43)27-16(4)9-10-34-24(27)15(2)3/h5-10,13,15,20,40H,1,11-12,14H2,2-4H3,(H,36,42)/t20-/m1/s1. The highest BCUT2D eigenvalue weighted by atomic mass is 35.5. The molecule has 2 aliphatic heterocycles. The Morgan fingerprint density at radius 2 is 2.00 bits per heavy atom.